The molecular weight excluding hydrogens is 256 g/mol. The van der Waals surface area contributed by atoms with E-state index in [1.165, 1.54) is 5.56 Å². The minimum Gasteiger partial charge on any atom is -0.340 e. The summed E-state index contributed by atoms with van der Waals surface area (Å²) in [6.07, 6.45) is 0.650. The predicted octanol–water partition coefficient (Wildman–Crippen LogP) is 2.83. The molecule has 106 valence electrons. The van der Waals surface area contributed by atoms with Crippen molar-refractivity contribution in [2.45, 2.75) is 33.7 Å². The molecule has 0 aromatic carbocycles. The van der Waals surface area contributed by atoms with Crippen LogP contribution in [-0.4, -0.2) is 41.9 Å². The average Bonchev–Trinajstić information content (AvgIpc) is 2.80. The molecule has 19 heavy (non-hydrogen) atoms. The van der Waals surface area contributed by atoms with Crippen LogP contribution in [0.2, 0.25) is 0 Å². The summed E-state index contributed by atoms with van der Waals surface area (Å²) in [6, 6.07) is 2.18. The maximum absolute atomic E-state index is 12.1. The summed E-state index contributed by atoms with van der Waals surface area (Å²) in [5, 5.41) is 4.33. The van der Waals surface area contributed by atoms with Crippen LogP contribution in [0, 0.1) is 5.41 Å². The molecule has 2 rings (SSSR count). The third kappa shape index (κ3) is 4.62. The SMILES string of the molecule is CC(C)(C)CC(=O)N1CCN(Cc2ccsc2)CC1. The maximum Gasteiger partial charge on any atom is 0.223 e. The first-order chi connectivity index (χ1) is 8.94. The van der Waals surface area contributed by atoms with E-state index < -0.39 is 0 Å². The number of hydrogen-bond acceptors (Lipinski definition) is 3. The molecule has 0 spiro atoms. The van der Waals surface area contributed by atoms with Gasteiger partial charge in [-0.2, -0.15) is 11.3 Å². The van der Waals surface area contributed by atoms with E-state index in [9.17, 15) is 4.79 Å². The highest BCUT2D eigenvalue weighted by Crippen LogP contribution is 2.20. The van der Waals surface area contributed by atoms with Crippen LogP contribution in [0.3, 0.4) is 0 Å². The molecule has 3 nitrogen and oxygen atoms in total. The predicted molar refractivity (Wildman–Crippen MR) is 80.2 cm³/mol. The summed E-state index contributed by atoms with van der Waals surface area (Å²) in [7, 11) is 0. The zero-order valence-electron chi connectivity index (χ0n) is 12.2. The quantitative estimate of drug-likeness (QED) is 0.850. The molecule has 0 aliphatic carbocycles. The van der Waals surface area contributed by atoms with Gasteiger partial charge in [-0.3, -0.25) is 9.69 Å². The maximum atomic E-state index is 12.1. The molecule has 0 bridgehead atoms. The van der Waals surface area contributed by atoms with Gasteiger partial charge in [-0.25, -0.2) is 0 Å². The van der Waals surface area contributed by atoms with Crippen LogP contribution in [0.4, 0.5) is 0 Å². The molecule has 0 saturated carbocycles. The van der Waals surface area contributed by atoms with Crippen molar-refractivity contribution in [3.63, 3.8) is 0 Å². The number of rotatable bonds is 3. The van der Waals surface area contributed by atoms with Crippen molar-refractivity contribution < 1.29 is 4.79 Å². The third-order valence-corrected chi connectivity index (χ3v) is 4.12. The van der Waals surface area contributed by atoms with E-state index in [4.69, 9.17) is 0 Å². The Hall–Kier alpha value is -0.870. The molecular formula is C15H24N2OS. The summed E-state index contributed by atoms with van der Waals surface area (Å²) in [4.78, 5) is 16.6. The van der Waals surface area contributed by atoms with Gasteiger partial charge in [0.2, 0.25) is 5.91 Å². The highest BCUT2D eigenvalue weighted by Gasteiger charge is 2.24. The van der Waals surface area contributed by atoms with Crippen molar-refractivity contribution in [3.05, 3.63) is 22.4 Å². The lowest BCUT2D eigenvalue weighted by atomic mass is 9.91. The second kappa shape index (κ2) is 6.06. The molecule has 0 N–H and O–H groups in total. The second-order valence-corrected chi connectivity index (χ2v) is 7.31. The summed E-state index contributed by atoms with van der Waals surface area (Å²) in [5.41, 5.74) is 1.48. The van der Waals surface area contributed by atoms with E-state index in [0.29, 0.717) is 12.3 Å². The highest BCUT2D eigenvalue weighted by molar-refractivity contribution is 7.07. The summed E-state index contributed by atoms with van der Waals surface area (Å²) in [5.74, 6) is 0.308. The monoisotopic (exact) mass is 280 g/mol. The van der Waals surface area contributed by atoms with Crippen LogP contribution in [-0.2, 0) is 11.3 Å². The van der Waals surface area contributed by atoms with E-state index in [1.807, 2.05) is 4.90 Å². The normalized spacial score (nSPS) is 17.7. The molecule has 1 saturated heterocycles. The lowest BCUT2D eigenvalue weighted by Gasteiger charge is -2.35. The fourth-order valence-corrected chi connectivity index (χ4v) is 3.02. The Bertz CT molecular complexity index is 400. The number of piperazine rings is 1. The van der Waals surface area contributed by atoms with Gasteiger partial charge in [0.25, 0.3) is 0 Å². The van der Waals surface area contributed by atoms with Gasteiger partial charge in [-0.15, -0.1) is 0 Å². The van der Waals surface area contributed by atoms with Crippen molar-refractivity contribution in [3.8, 4) is 0 Å². The molecule has 1 amide bonds. The minimum absolute atomic E-state index is 0.0882. The molecule has 4 heteroatoms. The molecule has 1 aliphatic heterocycles. The van der Waals surface area contributed by atoms with E-state index in [0.717, 1.165) is 32.7 Å². The number of hydrogen-bond donors (Lipinski definition) is 0. The van der Waals surface area contributed by atoms with Crippen LogP contribution < -0.4 is 0 Å². The molecule has 1 aromatic rings. The smallest absolute Gasteiger partial charge is 0.223 e. The molecule has 1 aliphatic rings. The van der Waals surface area contributed by atoms with Crippen LogP contribution >= 0.6 is 11.3 Å². The van der Waals surface area contributed by atoms with Crippen molar-refractivity contribution in [1.82, 2.24) is 9.80 Å². The van der Waals surface area contributed by atoms with Gasteiger partial charge < -0.3 is 4.90 Å². The average molecular weight is 280 g/mol. The number of nitrogens with zero attached hydrogens (tertiary/aromatic N) is 2. The standard InChI is InChI=1S/C15H24N2OS/c1-15(2,3)10-14(18)17-7-5-16(6-8-17)11-13-4-9-19-12-13/h4,9,12H,5-8,10-11H2,1-3H3. The minimum atomic E-state index is 0.0882. The highest BCUT2D eigenvalue weighted by atomic mass is 32.1. The first-order valence-electron chi connectivity index (χ1n) is 6.95. The molecule has 1 aromatic heterocycles. The molecule has 1 fully saturated rings. The molecule has 0 atom stereocenters. The Labute approximate surface area is 120 Å². The van der Waals surface area contributed by atoms with Gasteiger partial charge in [0.1, 0.15) is 0 Å². The van der Waals surface area contributed by atoms with Gasteiger partial charge in [-0.05, 0) is 27.8 Å². The zero-order valence-corrected chi connectivity index (χ0v) is 13.0. The lowest BCUT2D eigenvalue weighted by Crippen LogP contribution is -2.48. The van der Waals surface area contributed by atoms with Crippen LogP contribution in [0.25, 0.3) is 0 Å². The van der Waals surface area contributed by atoms with Gasteiger partial charge in [0, 0.05) is 39.1 Å². The number of amides is 1. The molecule has 2 heterocycles. The zero-order chi connectivity index (χ0) is 13.9. The van der Waals surface area contributed by atoms with Crippen molar-refractivity contribution in [1.29, 1.82) is 0 Å². The molecule has 0 unspecified atom stereocenters. The first-order valence-corrected chi connectivity index (χ1v) is 7.89. The number of carbonyl (C=O) groups excluding carboxylic acids is 1. The van der Waals surface area contributed by atoms with Gasteiger partial charge in [0.15, 0.2) is 0 Å². The molecule has 0 radical (unpaired) electrons. The Morgan fingerprint density at radius 2 is 1.95 bits per heavy atom. The van der Waals surface area contributed by atoms with Gasteiger partial charge >= 0.3 is 0 Å². The summed E-state index contributed by atoms with van der Waals surface area (Å²) in [6.45, 7) is 11.1. The summed E-state index contributed by atoms with van der Waals surface area (Å²) < 4.78 is 0. The van der Waals surface area contributed by atoms with Crippen molar-refractivity contribution in [2.24, 2.45) is 5.41 Å². The third-order valence-electron chi connectivity index (χ3n) is 3.39. The Morgan fingerprint density at radius 3 is 2.47 bits per heavy atom. The van der Waals surface area contributed by atoms with E-state index in [2.05, 4.69) is 42.5 Å². The van der Waals surface area contributed by atoms with Gasteiger partial charge in [-0.1, -0.05) is 20.8 Å². The van der Waals surface area contributed by atoms with Crippen LogP contribution in [0.5, 0.6) is 0 Å². The van der Waals surface area contributed by atoms with E-state index in [1.54, 1.807) is 11.3 Å². The number of thiophene rings is 1. The first kappa shape index (κ1) is 14.5. The lowest BCUT2D eigenvalue weighted by molar-refractivity contribution is -0.134. The largest absolute Gasteiger partial charge is 0.340 e. The van der Waals surface area contributed by atoms with E-state index >= 15 is 0 Å². The van der Waals surface area contributed by atoms with E-state index in [-0.39, 0.29) is 5.41 Å². The van der Waals surface area contributed by atoms with Crippen molar-refractivity contribution in [2.75, 3.05) is 26.2 Å². The number of carbonyl (C=O) groups is 1. The fraction of sp³-hybridized carbons (Fsp3) is 0.667. The van der Waals surface area contributed by atoms with Gasteiger partial charge in [0.05, 0.1) is 0 Å². The fourth-order valence-electron chi connectivity index (χ4n) is 2.36. The second-order valence-electron chi connectivity index (χ2n) is 6.53. The topological polar surface area (TPSA) is 23.6 Å². The van der Waals surface area contributed by atoms with Crippen molar-refractivity contribution >= 4 is 17.2 Å². The Kier molecular flexibility index (Phi) is 4.63. The Morgan fingerprint density at radius 1 is 1.26 bits per heavy atom. The summed E-state index contributed by atoms with van der Waals surface area (Å²) >= 11 is 1.75. The van der Waals surface area contributed by atoms with Crippen LogP contribution in [0.15, 0.2) is 16.8 Å². The Balaban J connectivity index is 1.77. The van der Waals surface area contributed by atoms with Crippen LogP contribution in [0.1, 0.15) is 32.8 Å².